The molecule has 2 rings (SSSR count). The van der Waals surface area contributed by atoms with E-state index in [-0.39, 0.29) is 18.1 Å². The molecule has 0 aromatic heterocycles. The van der Waals surface area contributed by atoms with Crippen LogP contribution in [0.5, 0.6) is 0 Å². The van der Waals surface area contributed by atoms with Crippen LogP contribution in [0.25, 0.3) is 10.5 Å². The molecule has 0 aliphatic heterocycles. The van der Waals surface area contributed by atoms with Gasteiger partial charge in [-0.1, -0.05) is 18.2 Å². The summed E-state index contributed by atoms with van der Waals surface area (Å²) in [5, 5.41) is 11.8. The van der Waals surface area contributed by atoms with Gasteiger partial charge in [-0.05, 0) is 18.2 Å². The van der Waals surface area contributed by atoms with E-state index in [4.69, 9.17) is 10.9 Å². The van der Waals surface area contributed by atoms with Crippen molar-refractivity contribution in [2.75, 3.05) is 5.32 Å². The molecule has 0 heterocycles. The molecule has 90 valence electrons. The lowest BCUT2D eigenvalue weighted by atomic mass is 10.1. The van der Waals surface area contributed by atoms with Crippen molar-refractivity contribution < 1.29 is 17.2 Å². The second-order valence-corrected chi connectivity index (χ2v) is 3.53. The zero-order valence-corrected chi connectivity index (χ0v) is 10.1. The largest absolute Gasteiger partial charge is 1.00 e. The molecule has 6 heteroatoms. The lowest BCUT2D eigenvalue weighted by Gasteiger charge is -2.07. The van der Waals surface area contributed by atoms with Gasteiger partial charge in [0.25, 0.3) is 0 Å². The predicted octanol–water partition coefficient (Wildman–Crippen LogP) is -0.551. The molecule has 0 saturated carbocycles. The van der Waals surface area contributed by atoms with Crippen molar-refractivity contribution in [2.24, 2.45) is 0 Å². The number of hydrogen-bond acceptors (Lipinski definition) is 2. The van der Waals surface area contributed by atoms with Gasteiger partial charge in [0.15, 0.2) is 0 Å². The van der Waals surface area contributed by atoms with E-state index in [0.717, 1.165) is 11.4 Å². The molecule has 1 unspecified atom stereocenters. The molecule has 0 radical (unpaired) electrons. The molecule has 18 heavy (non-hydrogen) atoms. The van der Waals surface area contributed by atoms with Crippen LogP contribution in [0.4, 0.5) is 5.69 Å². The molecule has 5 nitrogen and oxygen atoms in total. The number of nitrogens with zero attached hydrogens (tertiary/aromatic N) is 4. The number of nitrogens with one attached hydrogen (secondary N) is 1. The van der Waals surface area contributed by atoms with E-state index in [9.17, 15) is 0 Å². The Kier molecular flexibility index (Phi) is 4.82. The maximum atomic E-state index is 8.79. The van der Waals surface area contributed by atoms with Gasteiger partial charge in [-0.15, -0.1) is 0 Å². The van der Waals surface area contributed by atoms with Crippen molar-refractivity contribution in [1.82, 2.24) is 0 Å². The van der Waals surface area contributed by atoms with Crippen LogP contribution in [0.2, 0.25) is 0 Å². The molecular weight excluding hydrogens is 250 g/mol. The average molecular weight is 260 g/mol. The van der Waals surface area contributed by atoms with Crippen molar-refractivity contribution in [2.45, 2.75) is 6.04 Å². The van der Waals surface area contributed by atoms with Crippen LogP contribution < -0.4 is 17.7 Å². The van der Waals surface area contributed by atoms with E-state index in [0.29, 0.717) is 0 Å². The van der Waals surface area contributed by atoms with Crippen molar-refractivity contribution in [3.8, 4) is 0 Å². The van der Waals surface area contributed by atoms with Crippen LogP contribution in [0.1, 0.15) is 0 Å². The van der Waals surface area contributed by atoms with Crippen LogP contribution in [0.3, 0.4) is 0 Å². The first-order valence-electron chi connectivity index (χ1n) is 5.11. The first kappa shape index (κ1) is 13.7. The maximum Gasteiger partial charge on any atom is 0.430 e. The highest BCUT2D eigenvalue weighted by Gasteiger charge is 2.33. The highest BCUT2D eigenvalue weighted by Crippen LogP contribution is 2.14. The van der Waals surface area contributed by atoms with E-state index >= 15 is 0 Å². The third-order valence-corrected chi connectivity index (χ3v) is 2.37. The van der Waals surface area contributed by atoms with E-state index in [1.54, 1.807) is 18.2 Å². The molecule has 1 N–H and O–H groups in total. The standard InChI is InChI=1S/C12H10N5.ClH/c13-16-11-7-6-10(8-12(11)17-14)15-9-4-2-1-3-5-9;/h1-8,11,15H;1H/q+1;/p-1. The summed E-state index contributed by atoms with van der Waals surface area (Å²) in [5.41, 5.74) is 10.8. The molecule has 0 saturated heterocycles. The summed E-state index contributed by atoms with van der Waals surface area (Å²) in [5.74, 6) is 0. The van der Waals surface area contributed by atoms with Gasteiger partial charge in [-0.3, -0.25) is 0 Å². The van der Waals surface area contributed by atoms with Crippen molar-refractivity contribution in [3.63, 3.8) is 0 Å². The van der Waals surface area contributed by atoms with Crippen LogP contribution in [-0.2, 0) is 0 Å². The van der Waals surface area contributed by atoms with Crippen molar-refractivity contribution in [3.05, 3.63) is 64.8 Å². The monoisotopic (exact) mass is 259 g/mol. The summed E-state index contributed by atoms with van der Waals surface area (Å²) >= 11 is 0. The first-order chi connectivity index (χ1) is 8.33. The summed E-state index contributed by atoms with van der Waals surface area (Å²) in [6.07, 6.45) is 5.03. The third kappa shape index (κ3) is 3.05. The minimum atomic E-state index is -0.610. The topological polar surface area (TPSA) is 76.6 Å². The Balaban J connectivity index is 0.00000162. The highest BCUT2D eigenvalue weighted by molar-refractivity contribution is 6.00. The SMILES string of the molecule is N#[N+]C1C=CC(Nc2ccccc2)=CC1=[N+]=[N-].[Cl-]. The highest BCUT2D eigenvalue weighted by atomic mass is 35.5. The van der Waals surface area contributed by atoms with E-state index in [1.807, 2.05) is 30.3 Å². The van der Waals surface area contributed by atoms with Gasteiger partial charge in [-0.25, -0.2) is 0 Å². The van der Waals surface area contributed by atoms with Gasteiger partial charge < -0.3 is 23.3 Å². The molecule has 0 spiro atoms. The summed E-state index contributed by atoms with van der Waals surface area (Å²) < 4.78 is 0. The molecule has 0 bridgehead atoms. The van der Waals surface area contributed by atoms with Gasteiger partial charge in [0, 0.05) is 17.5 Å². The molecule has 0 amide bonds. The number of rotatable bonds is 2. The fourth-order valence-corrected chi connectivity index (χ4v) is 1.54. The average Bonchev–Trinajstić information content (AvgIpc) is 2.40. The number of halogens is 1. The van der Waals surface area contributed by atoms with Crippen LogP contribution in [-0.4, -0.2) is 16.5 Å². The Morgan fingerprint density at radius 1 is 1.22 bits per heavy atom. The Morgan fingerprint density at radius 3 is 2.56 bits per heavy atom. The van der Waals surface area contributed by atoms with Gasteiger partial charge >= 0.3 is 11.8 Å². The molecule has 1 atom stereocenters. The maximum absolute atomic E-state index is 8.79. The lowest BCUT2D eigenvalue weighted by molar-refractivity contribution is -0.00599. The number of diazo groups is 1. The summed E-state index contributed by atoms with van der Waals surface area (Å²) in [6.45, 7) is 0. The lowest BCUT2D eigenvalue weighted by Crippen LogP contribution is -3.00. The summed E-state index contributed by atoms with van der Waals surface area (Å²) in [4.78, 5) is 6.18. The summed E-state index contributed by atoms with van der Waals surface area (Å²) in [7, 11) is 0. The fourth-order valence-electron chi connectivity index (χ4n) is 1.54. The van der Waals surface area contributed by atoms with Crippen LogP contribution >= 0.6 is 0 Å². The molecule has 1 aliphatic rings. The number of anilines is 1. The molecule has 0 fully saturated rings. The van der Waals surface area contributed by atoms with Gasteiger partial charge in [0.05, 0.1) is 6.08 Å². The number of benzene rings is 1. The van der Waals surface area contributed by atoms with E-state index in [2.05, 4.69) is 15.1 Å². The van der Waals surface area contributed by atoms with Crippen LogP contribution in [0.15, 0.2) is 54.3 Å². The van der Waals surface area contributed by atoms with Crippen molar-refractivity contribution in [1.29, 1.82) is 5.39 Å². The third-order valence-electron chi connectivity index (χ3n) is 2.37. The molecule has 1 aromatic rings. The van der Waals surface area contributed by atoms with E-state index in [1.165, 1.54) is 0 Å². The second-order valence-electron chi connectivity index (χ2n) is 3.53. The molecular formula is C12H10ClN5. The fraction of sp³-hybridized carbons (Fsp3) is 0.0833. The Morgan fingerprint density at radius 2 is 1.94 bits per heavy atom. The Hall–Kier alpha value is -2.41. The zero-order chi connectivity index (χ0) is 12.1. The van der Waals surface area contributed by atoms with Gasteiger partial charge in [0.2, 0.25) is 5.39 Å². The smallest absolute Gasteiger partial charge is 0.430 e. The number of hydrogen-bond donors (Lipinski definition) is 1. The summed E-state index contributed by atoms with van der Waals surface area (Å²) in [6, 6.07) is 9.00. The molecule has 1 aromatic carbocycles. The number of para-hydroxylation sites is 1. The number of allylic oxidation sites excluding steroid dienone is 1. The van der Waals surface area contributed by atoms with E-state index < -0.39 is 6.04 Å². The van der Waals surface area contributed by atoms with Crippen LogP contribution in [0, 0.1) is 5.39 Å². The zero-order valence-electron chi connectivity index (χ0n) is 9.36. The predicted molar refractivity (Wildman–Crippen MR) is 64.8 cm³/mol. The first-order valence-corrected chi connectivity index (χ1v) is 5.11. The minimum absolute atomic E-state index is 0. The Bertz CT molecular complexity index is 564. The van der Waals surface area contributed by atoms with Gasteiger partial charge in [0.1, 0.15) is 4.98 Å². The van der Waals surface area contributed by atoms with Crippen molar-refractivity contribution >= 4 is 11.4 Å². The quantitative estimate of drug-likeness (QED) is 0.439. The van der Waals surface area contributed by atoms with Gasteiger partial charge in [-0.2, -0.15) is 4.79 Å². The normalized spacial score (nSPS) is 16.9. The minimum Gasteiger partial charge on any atom is -1.00 e. The Labute approximate surface area is 110 Å². The second kappa shape index (κ2) is 6.36. The molecule has 1 aliphatic carbocycles.